The van der Waals surface area contributed by atoms with Crippen molar-refractivity contribution in [3.63, 3.8) is 0 Å². The normalized spacial score (nSPS) is 21.3. The Morgan fingerprint density at radius 2 is 1.89 bits per heavy atom. The first-order chi connectivity index (χ1) is 18.4. The third-order valence-electron chi connectivity index (χ3n) is 7.53. The first kappa shape index (κ1) is 28.3. The summed E-state index contributed by atoms with van der Waals surface area (Å²) in [5.74, 6) is -0.0214. The molecule has 0 radical (unpaired) electrons. The van der Waals surface area contributed by atoms with Crippen LogP contribution < -0.4 is 15.6 Å². The molecule has 9 heteroatoms. The van der Waals surface area contributed by atoms with Crippen LogP contribution in [0.5, 0.6) is 5.75 Å². The molecule has 2 aliphatic rings. The third kappa shape index (κ3) is 6.83. The maximum absolute atomic E-state index is 14.1. The van der Waals surface area contributed by atoms with Crippen LogP contribution in [-0.2, 0) is 39.9 Å². The minimum absolute atomic E-state index is 0.0884. The number of hydrogen-bond donors (Lipinski definition) is 2. The van der Waals surface area contributed by atoms with Crippen molar-refractivity contribution in [1.82, 2.24) is 14.8 Å². The average Bonchev–Trinajstić information content (AvgIpc) is 3.74. The molecular formula is C29H41N3O6. The van der Waals surface area contributed by atoms with E-state index in [4.69, 9.17) is 14.2 Å². The SMILES string of the molecule is COCCCc1cc(CN(C(=O)C2CNCCC2(O)c2ccn(C)c(=O)c2)C2CC2)cc(OCCOC)c1. The minimum atomic E-state index is -1.40. The van der Waals surface area contributed by atoms with Crippen molar-refractivity contribution in [2.75, 3.05) is 47.1 Å². The lowest BCUT2D eigenvalue weighted by molar-refractivity contribution is -0.150. The fraction of sp³-hybridized carbons (Fsp3) is 0.586. The summed E-state index contributed by atoms with van der Waals surface area (Å²) in [5.41, 5.74) is 1.02. The van der Waals surface area contributed by atoms with Gasteiger partial charge in [-0.1, -0.05) is 6.07 Å². The number of pyridine rings is 1. The zero-order valence-electron chi connectivity index (χ0n) is 22.8. The van der Waals surface area contributed by atoms with Gasteiger partial charge < -0.3 is 34.1 Å². The fourth-order valence-corrected chi connectivity index (χ4v) is 5.20. The van der Waals surface area contributed by atoms with Gasteiger partial charge in [0.2, 0.25) is 5.91 Å². The lowest BCUT2D eigenvalue weighted by Crippen LogP contribution is -2.55. The Bertz CT molecular complexity index is 1120. The number of nitrogens with one attached hydrogen (secondary N) is 1. The maximum atomic E-state index is 14.1. The van der Waals surface area contributed by atoms with E-state index >= 15 is 0 Å². The molecule has 2 fully saturated rings. The number of methoxy groups -OCH3 is 2. The second kappa shape index (κ2) is 12.9. The Labute approximate surface area is 224 Å². The van der Waals surface area contributed by atoms with Crippen LogP contribution in [0.15, 0.2) is 41.3 Å². The van der Waals surface area contributed by atoms with Crippen LogP contribution in [-0.4, -0.2) is 73.7 Å². The molecule has 2 N–H and O–H groups in total. The smallest absolute Gasteiger partial charge is 0.250 e. The standard InChI is InChI=1S/C29H41N3O6/c1-31-11-8-23(18-27(31)33)29(35)9-10-30-19-26(29)28(34)32(24-6-7-24)20-22-15-21(5-4-12-36-2)16-25(17-22)38-14-13-37-3/h8,11,15-18,24,26,30,35H,4-7,9-10,12-14,19-20H2,1-3H3. The topological polar surface area (TPSA) is 102 Å². The molecule has 1 saturated carbocycles. The van der Waals surface area contributed by atoms with Crippen LogP contribution in [0, 0.1) is 5.92 Å². The number of nitrogens with zero attached hydrogens (tertiary/aromatic N) is 2. The molecule has 0 bridgehead atoms. The average molecular weight is 528 g/mol. The Hall–Kier alpha value is -2.72. The van der Waals surface area contributed by atoms with Crippen LogP contribution in [0.25, 0.3) is 0 Å². The van der Waals surface area contributed by atoms with E-state index in [1.807, 2.05) is 17.0 Å². The summed E-state index contributed by atoms with van der Waals surface area (Å²) < 4.78 is 17.8. The molecular weight excluding hydrogens is 486 g/mol. The van der Waals surface area contributed by atoms with Crippen LogP contribution in [0.4, 0.5) is 0 Å². The largest absolute Gasteiger partial charge is 0.491 e. The van der Waals surface area contributed by atoms with Crippen LogP contribution >= 0.6 is 0 Å². The van der Waals surface area contributed by atoms with Gasteiger partial charge in [0.05, 0.1) is 12.5 Å². The molecule has 9 nitrogen and oxygen atoms in total. The zero-order valence-corrected chi connectivity index (χ0v) is 22.8. The summed E-state index contributed by atoms with van der Waals surface area (Å²) >= 11 is 0. The minimum Gasteiger partial charge on any atom is -0.491 e. The Balaban J connectivity index is 1.59. The quantitative estimate of drug-likeness (QED) is 0.384. The van der Waals surface area contributed by atoms with Gasteiger partial charge in [0.1, 0.15) is 18.0 Å². The highest BCUT2D eigenvalue weighted by atomic mass is 16.5. The Morgan fingerprint density at radius 1 is 1.13 bits per heavy atom. The van der Waals surface area contributed by atoms with Crippen molar-refractivity contribution in [2.45, 2.75) is 50.3 Å². The molecule has 4 rings (SSSR count). The molecule has 208 valence electrons. The summed E-state index contributed by atoms with van der Waals surface area (Å²) in [4.78, 5) is 28.4. The summed E-state index contributed by atoms with van der Waals surface area (Å²) in [6.07, 6.45) is 5.64. The van der Waals surface area contributed by atoms with Gasteiger partial charge in [0, 0.05) is 59.3 Å². The number of benzene rings is 1. The molecule has 1 saturated heterocycles. The Morgan fingerprint density at radius 3 is 2.61 bits per heavy atom. The zero-order chi connectivity index (χ0) is 27.1. The van der Waals surface area contributed by atoms with E-state index in [1.165, 1.54) is 10.6 Å². The van der Waals surface area contributed by atoms with E-state index in [9.17, 15) is 14.7 Å². The van der Waals surface area contributed by atoms with Crippen LogP contribution in [0.1, 0.15) is 42.4 Å². The third-order valence-corrected chi connectivity index (χ3v) is 7.53. The van der Waals surface area contributed by atoms with Crippen molar-refractivity contribution >= 4 is 5.91 Å². The number of aliphatic hydroxyl groups is 1. The van der Waals surface area contributed by atoms with E-state index in [0.717, 1.165) is 42.6 Å². The monoisotopic (exact) mass is 527 g/mol. The molecule has 1 aliphatic carbocycles. The Kier molecular flexibility index (Phi) is 9.59. The highest BCUT2D eigenvalue weighted by Gasteiger charge is 2.48. The molecule has 1 aliphatic heterocycles. The van der Waals surface area contributed by atoms with E-state index < -0.39 is 11.5 Å². The van der Waals surface area contributed by atoms with Gasteiger partial charge in [-0.3, -0.25) is 9.59 Å². The van der Waals surface area contributed by atoms with Crippen molar-refractivity contribution in [1.29, 1.82) is 0 Å². The molecule has 2 atom stereocenters. The van der Waals surface area contributed by atoms with Gasteiger partial charge in [0.15, 0.2) is 0 Å². The molecule has 2 unspecified atom stereocenters. The predicted octanol–water partition coefficient (Wildman–Crippen LogP) is 1.98. The summed E-state index contributed by atoms with van der Waals surface area (Å²) in [5, 5.41) is 15.1. The molecule has 1 amide bonds. The fourth-order valence-electron chi connectivity index (χ4n) is 5.20. The number of aryl methyl sites for hydroxylation is 2. The van der Waals surface area contributed by atoms with Gasteiger partial charge >= 0.3 is 0 Å². The van der Waals surface area contributed by atoms with Crippen molar-refractivity contribution in [3.05, 3.63) is 63.6 Å². The highest BCUT2D eigenvalue weighted by Crippen LogP contribution is 2.39. The number of hydrogen-bond acceptors (Lipinski definition) is 7. The molecule has 0 spiro atoms. The number of ether oxygens (including phenoxy) is 3. The number of carbonyl (C=O) groups is 1. The molecule has 2 heterocycles. The van der Waals surface area contributed by atoms with E-state index in [1.54, 1.807) is 33.5 Å². The highest BCUT2D eigenvalue weighted by molar-refractivity contribution is 5.81. The van der Waals surface area contributed by atoms with E-state index in [-0.39, 0.29) is 17.5 Å². The molecule has 2 aromatic rings. The first-order valence-electron chi connectivity index (χ1n) is 13.5. The number of amides is 1. The van der Waals surface area contributed by atoms with Gasteiger partial charge in [-0.05, 0) is 73.5 Å². The molecule has 38 heavy (non-hydrogen) atoms. The van der Waals surface area contributed by atoms with E-state index in [0.29, 0.717) is 51.4 Å². The summed E-state index contributed by atoms with van der Waals surface area (Å²) in [6.45, 7) is 2.98. The number of rotatable bonds is 13. The van der Waals surface area contributed by atoms with Gasteiger partial charge in [-0.15, -0.1) is 0 Å². The second-order valence-electron chi connectivity index (χ2n) is 10.4. The lowest BCUT2D eigenvalue weighted by atomic mass is 9.76. The van der Waals surface area contributed by atoms with Gasteiger partial charge in [-0.2, -0.15) is 0 Å². The van der Waals surface area contributed by atoms with Crippen LogP contribution in [0.3, 0.4) is 0 Å². The maximum Gasteiger partial charge on any atom is 0.250 e. The van der Waals surface area contributed by atoms with E-state index in [2.05, 4.69) is 11.4 Å². The summed E-state index contributed by atoms with van der Waals surface area (Å²) in [6, 6.07) is 9.52. The van der Waals surface area contributed by atoms with Crippen molar-refractivity contribution in [2.24, 2.45) is 13.0 Å². The number of piperidine rings is 1. The van der Waals surface area contributed by atoms with Gasteiger partial charge in [0.25, 0.3) is 5.56 Å². The van der Waals surface area contributed by atoms with Gasteiger partial charge in [-0.25, -0.2) is 0 Å². The van der Waals surface area contributed by atoms with Crippen molar-refractivity contribution in [3.8, 4) is 5.75 Å². The van der Waals surface area contributed by atoms with Crippen molar-refractivity contribution < 1.29 is 24.1 Å². The number of aromatic nitrogens is 1. The second-order valence-corrected chi connectivity index (χ2v) is 10.4. The predicted molar refractivity (Wildman–Crippen MR) is 144 cm³/mol. The molecule has 1 aromatic carbocycles. The summed E-state index contributed by atoms with van der Waals surface area (Å²) in [7, 11) is 5.01. The van der Waals surface area contributed by atoms with Crippen LogP contribution in [0.2, 0.25) is 0 Å². The first-order valence-corrected chi connectivity index (χ1v) is 13.5. The number of carbonyl (C=O) groups excluding carboxylic acids is 1. The molecule has 1 aromatic heterocycles. The lowest BCUT2D eigenvalue weighted by Gasteiger charge is -2.42.